The maximum atomic E-state index is 3.43. The first-order valence-corrected chi connectivity index (χ1v) is 7.97. The molecule has 2 nitrogen and oxygen atoms in total. The summed E-state index contributed by atoms with van der Waals surface area (Å²) in [7, 11) is 4.33. The van der Waals surface area contributed by atoms with Crippen molar-refractivity contribution >= 4 is 5.69 Å². The molecule has 1 saturated carbocycles. The van der Waals surface area contributed by atoms with E-state index >= 15 is 0 Å². The van der Waals surface area contributed by atoms with Crippen molar-refractivity contribution in [1.82, 2.24) is 5.32 Å². The average molecular weight is 274 g/mol. The summed E-state index contributed by atoms with van der Waals surface area (Å²) in [5.74, 6) is 0.907. The number of nitrogens with one attached hydrogen (secondary N) is 1. The Labute approximate surface area is 124 Å². The highest BCUT2D eigenvalue weighted by Gasteiger charge is 2.34. The van der Waals surface area contributed by atoms with Crippen molar-refractivity contribution in [2.45, 2.75) is 39.5 Å². The zero-order chi connectivity index (χ0) is 14.6. The third kappa shape index (κ3) is 3.76. The zero-order valence-corrected chi connectivity index (χ0v) is 13.6. The summed E-state index contributed by atoms with van der Waals surface area (Å²) in [6.45, 7) is 6.83. The Morgan fingerprint density at radius 2 is 1.80 bits per heavy atom. The summed E-state index contributed by atoms with van der Waals surface area (Å²) < 4.78 is 0. The van der Waals surface area contributed by atoms with Crippen molar-refractivity contribution in [3.8, 4) is 0 Å². The average Bonchev–Trinajstić information content (AvgIpc) is 2.43. The Kier molecular flexibility index (Phi) is 5.09. The molecular weight excluding hydrogens is 244 g/mol. The van der Waals surface area contributed by atoms with Gasteiger partial charge >= 0.3 is 0 Å². The van der Waals surface area contributed by atoms with Gasteiger partial charge in [-0.1, -0.05) is 37.5 Å². The van der Waals surface area contributed by atoms with Gasteiger partial charge in [0.25, 0.3) is 0 Å². The molecule has 112 valence electrons. The number of hydrogen-bond donors (Lipinski definition) is 1. The molecule has 0 spiro atoms. The quantitative estimate of drug-likeness (QED) is 0.877. The normalized spacial score (nSPS) is 26.5. The van der Waals surface area contributed by atoms with Crippen molar-refractivity contribution in [2.24, 2.45) is 11.3 Å². The van der Waals surface area contributed by atoms with Crippen LogP contribution in [0.4, 0.5) is 5.69 Å². The summed E-state index contributed by atoms with van der Waals surface area (Å²) in [5.41, 5.74) is 3.12. The number of hydrogen-bond acceptors (Lipinski definition) is 2. The van der Waals surface area contributed by atoms with E-state index < -0.39 is 0 Å². The number of benzene rings is 1. The van der Waals surface area contributed by atoms with Crippen molar-refractivity contribution in [1.29, 1.82) is 0 Å². The number of aryl methyl sites for hydroxylation is 1. The molecule has 0 saturated heterocycles. The molecular formula is C18H30N2. The highest BCUT2D eigenvalue weighted by molar-refractivity contribution is 5.47. The summed E-state index contributed by atoms with van der Waals surface area (Å²) in [6.07, 6.45) is 5.46. The Balaban J connectivity index is 2.05. The molecule has 1 aliphatic rings. The van der Waals surface area contributed by atoms with Crippen LogP contribution < -0.4 is 10.2 Å². The minimum absolute atomic E-state index is 0.445. The van der Waals surface area contributed by atoms with E-state index in [-0.39, 0.29) is 0 Å². The molecule has 0 aromatic heterocycles. The van der Waals surface area contributed by atoms with E-state index in [1.807, 2.05) is 0 Å². The second kappa shape index (κ2) is 6.62. The van der Waals surface area contributed by atoms with Crippen LogP contribution in [0.5, 0.6) is 0 Å². The molecule has 0 unspecified atom stereocenters. The fraction of sp³-hybridized carbons (Fsp3) is 0.667. The Bertz CT molecular complexity index is 402. The first-order chi connectivity index (χ1) is 9.54. The zero-order valence-electron chi connectivity index (χ0n) is 13.6. The molecule has 2 heteroatoms. The van der Waals surface area contributed by atoms with Crippen molar-refractivity contribution in [2.75, 3.05) is 32.1 Å². The van der Waals surface area contributed by atoms with Crippen LogP contribution in [0.15, 0.2) is 24.3 Å². The van der Waals surface area contributed by atoms with Gasteiger partial charge in [-0.3, -0.25) is 0 Å². The van der Waals surface area contributed by atoms with Gasteiger partial charge in [0, 0.05) is 31.2 Å². The molecule has 0 amide bonds. The van der Waals surface area contributed by atoms with Gasteiger partial charge in [-0.05, 0) is 44.9 Å². The third-order valence-corrected chi connectivity index (χ3v) is 4.93. The fourth-order valence-corrected chi connectivity index (χ4v) is 3.53. The summed E-state index contributed by atoms with van der Waals surface area (Å²) in [4.78, 5) is 2.44. The lowest BCUT2D eigenvalue weighted by Crippen LogP contribution is -2.44. The van der Waals surface area contributed by atoms with Gasteiger partial charge in [-0.25, -0.2) is 0 Å². The van der Waals surface area contributed by atoms with Crippen molar-refractivity contribution in [3.05, 3.63) is 29.8 Å². The molecule has 20 heavy (non-hydrogen) atoms. The van der Waals surface area contributed by atoms with Gasteiger partial charge in [0.1, 0.15) is 0 Å². The molecule has 1 fully saturated rings. The predicted molar refractivity (Wildman–Crippen MR) is 88.4 cm³/mol. The number of rotatable bonds is 5. The minimum Gasteiger partial charge on any atom is -0.374 e. The predicted octanol–water partition coefficient (Wildman–Crippen LogP) is 3.85. The van der Waals surface area contributed by atoms with Gasteiger partial charge in [0.2, 0.25) is 0 Å². The van der Waals surface area contributed by atoms with Crippen LogP contribution in [0.1, 0.15) is 38.2 Å². The number of nitrogens with zero attached hydrogens (tertiary/aromatic N) is 1. The second-order valence-corrected chi connectivity index (χ2v) is 6.90. The van der Waals surface area contributed by atoms with E-state index in [9.17, 15) is 0 Å². The van der Waals surface area contributed by atoms with Crippen LogP contribution in [-0.2, 0) is 0 Å². The second-order valence-electron chi connectivity index (χ2n) is 6.90. The molecule has 0 heterocycles. The SMILES string of the molecule is CNCC1(CN(C)c2ccc(C)cc2)CCC(C)CC1. The first-order valence-electron chi connectivity index (χ1n) is 7.97. The Hall–Kier alpha value is -1.02. The van der Waals surface area contributed by atoms with Crippen molar-refractivity contribution < 1.29 is 0 Å². The lowest BCUT2D eigenvalue weighted by molar-refractivity contribution is 0.161. The standard InChI is InChI=1S/C18H30N2/c1-15-5-7-17(8-6-15)20(4)14-18(13-19-3)11-9-16(2)10-12-18/h5-8,16,19H,9-14H2,1-4H3. The summed E-state index contributed by atoms with van der Waals surface area (Å²) in [5, 5.41) is 3.43. The monoisotopic (exact) mass is 274 g/mol. The topological polar surface area (TPSA) is 15.3 Å². The number of anilines is 1. The van der Waals surface area contributed by atoms with Crippen molar-refractivity contribution in [3.63, 3.8) is 0 Å². The lowest BCUT2D eigenvalue weighted by Gasteiger charge is -2.42. The van der Waals surface area contributed by atoms with Gasteiger partial charge in [0.05, 0.1) is 0 Å². The molecule has 0 radical (unpaired) electrons. The van der Waals surface area contributed by atoms with Gasteiger partial charge in [-0.15, -0.1) is 0 Å². The Morgan fingerprint density at radius 3 is 2.35 bits per heavy atom. The molecule has 1 aromatic rings. The maximum Gasteiger partial charge on any atom is 0.0363 e. The molecule has 1 aromatic carbocycles. The van der Waals surface area contributed by atoms with Gasteiger partial charge in [0.15, 0.2) is 0 Å². The summed E-state index contributed by atoms with van der Waals surface area (Å²) >= 11 is 0. The van der Waals surface area contributed by atoms with Crippen LogP contribution in [0, 0.1) is 18.3 Å². The van der Waals surface area contributed by atoms with E-state index in [0.29, 0.717) is 5.41 Å². The summed E-state index contributed by atoms with van der Waals surface area (Å²) in [6, 6.07) is 8.90. The smallest absolute Gasteiger partial charge is 0.0363 e. The van der Waals surface area contributed by atoms with Gasteiger partial charge < -0.3 is 10.2 Å². The van der Waals surface area contributed by atoms with Crippen LogP contribution in [0.2, 0.25) is 0 Å². The highest BCUT2D eigenvalue weighted by atomic mass is 15.1. The molecule has 2 rings (SSSR count). The van der Waals surface area contributed by atoms with Crippen LogP contribution in [0.25, 0.3) is 0 Å². The molecule has 1 aliphatic carbocycles. The minimum atomic E-state index is 0.445. The molecule has 1 N–H and O–H groups in total. The lowest BCUT2D eigenvalue weighted by atomic mass is 9.70. The Morgan fingerprint density at radius 1 is 1.20 bits per heavy atom. The van der Waals surface area contributed by atoms with E-state index in [1.165, 1.54) is 36.9 Å². The largest absolute Gasteiger partial charge is 0.374 e. The van der Waals surface area contributed by atoms with Gasteiger partial charge in [-0.2, -0.15) is 0 Å². The van der Waals surface area contributed by atoms with E-state index in [2.05, 4.69) is 62.4 Å². The first kappa shape index (κ1) is 15.4. The van der Waals surface area contributed by atoms with Crippen LogP contribution in [0.3, 0.4) is 0 Å². The third-order valence-electron chi connectivity index (χ3n) is 4.93. The fourth-order valence-electron chi connectivity index (χ4n) is 3.53. The van der Waals surface area contributed by atoms with Crippen LogP contribution >= 0.6 is 0 Å². The molecule has 0 aliphatic heterocycles. The van der Waals surface area contributed by atoms with E-state index in [0.717, 1.165) is 19.0 Å². The maximum absolute atomic E-state index is 3.43. The highest BCUT2D eigenvalue weighted by Crippen LogP contribution is 2.39. The van der Waals surface area contributed by atoms with E-state index in [4.69, 9.17) is 0 Å². The molecule has 0 atom stereocenters. The molecule has 0 bridgehead atoms. The van der Waals surface area contributed by atoms with E-state index in [1.54, 1.807) is 0 Å². The van der Waals surface area contributed by atoms with Crippen LogP contribution in [-0.4, -0.2) is 27.2 Å².